The third kappa shape index (κ3) is 1.77. The Morgan fingerprint density at radius 3 is 2.93 bits per heavy atom. The molecule has 0 bridgehead atoms. The second-order valence-electron chi connectivity index (χ2n) is 4.32. The minimum absolute atomic E-state index is 0.101. The van der Waals surface area contributed by atoms with Crippen molar-refractivity contribution >= 4 is 5.91 Å². The Bertz CT molecular complexity index is 232. The first-order chi connectivity index (χ1) is 6.74. The molecule has 2 rings (SSSR count). The Balaban J connectivity index is 1.96. The van der Waals surface area contributed by atoms with Crippen LogP contribution in [0.25, 0.3) is 0 Å². The predicted molar refractivity (Wildman–Crippen MR) is 52.6 cm³/mol. The van der Waals surface area contributed by atoms with Gasteiger partial charge in [0.15, 0.2) is 0 Å². The summed E-state index contributed by atoms with van der Waals surface area (Å²) < 4.78 is 5.31. The maximum absolute atomic E-state index is 12.0. The van der Waals surface area contributed by atoms with Crippen molar-refractivity contribution < 1.29 is 9.53 Å². The van der Waals surface area contributed by atoms with E-state index in [9.17, 15) is 4.79 Å². The van der Waals surface area contributed by atoms with Crippen LogP contribution in [0.3, 0.4) is 0 Å². The number of nitrogens with zero attached hydrogens (tertiary/aromatic N) is 1. The number of ether oxygens (including phenoxy) is 1. The zero-order chi connectivity index (χ0) is 10.1. The second-order valence-corrected chi connectivity index (χ2v) is 4.32. The molecule has 0 aromatic carbocycles. The number of amides is 1. The van der Waals surface area contributed by atoms with Crippen LogP contribution in [0.2, 0.25) is 0 Å². The van der Waals surface area contributed by atoms with E-state index in [1.54, 1.807) is 0 Å². The maximum atomic E-state index is 12.0. The van der Waals surface area contributed by atoms with Gasteiger partial charge in [-0.05, 0) is 12.3 Å². The monoisotopic (exact) mass is 198 g/mol. The van der Waals surface area contributed by atoms with Gasteiger partial charge in [0.25, 0.3) is 0 Å². The molecule has 0 spiro atoms. The lowest BCUT2D eigenvalue weighted by atomic mass is 10.2. The van der Waals surface area contributed by atoms with E-state index in [1.165, 1.54) is 0 Å². The summed E-state index contributed by atoms with van der Waals surface area (Å²) in [7, 11) is 0. The number of carbonyl (C=O) groups excluding carboxylic acids is 1. The fraction of sp³-hybridized carbons (Fsp3) is 0.900. The SMILES string of the molecule is CC1CC1C(=O)N1CCOCC1CN. The van der Waals surface area contributed by atoms with E-state index in [4.69, 9.17) is 10.5 Å². The van der Waals surface area contributed by atoms with E-state index < -0.39 is 0 Å². The third-order valence-corrected chi connectivity index (χ3v) is 3.21. The first kappa shape index (κ1) is 9.93. The summed E-state index contributed by atoms with van der Waals surface area (Å²) in [6, 6.07) is 0.101. The fourth-order valence-electron chi connectivity index (χ4n) is 2.02. The average Bonchev–Trinajstić information content (AvgIpc) is 2.94. The molecule has 1 heterocycles. The summed E-state index contributed by atoms with van der Waals surface area (Å²) in [4.78, 5) is 13.9. The smallest absolute Gasteiger partial charge is 0.226 e. The van der Waals surface area contributed by atoms with Gasteiger partial charge in [-0.25, -0.2) is 0 Å². The minimum Gasteiger partial charge on any atom is -0.377 e. The van der Waals surface area contributed by atoms with Gasteiger partial charge in [-0.15, -0.1) is 0 Å². The highest BCUT2D eigenvalue weighted by atomic mass is 16.5. The largest absolute Gasteiger partial charge is 0.377 e. The number of hydrogen-bond acceptors (Lipinski definition) is 3. The van der Waals surface area contributed by atoms with Gasteiger partial charge in [0.2, 0.25) is 5.91 Å². The number of hydrogen-bond donors (Lipinski definition) is 1. The molecule has 4 heteroatoms. The van der Waals surface area contributed by atoms with Crippen molar-refractivity contribution in [2.75, 3.05) is 26.3 Å². The highest BCUT2D eigenvalue weighted by Gasteiger charge is 2.43. The molecular formula is C10H18N2O2. The third-order valence-electron chi connectivity index (χ3n) is 3.21. The summed E-state index contributed by atoms with van der Waals surface area (Å²) in [5.74, 6) is 1.13. The summed E-state index contributed by atoms with van der Waals surface area (Å²) in [5.41, 5.74) is 5.61. The van der Waals surface area contributed by atoms with E-state index >= 15 is 0 Å². The molecule has 1 aliphatic heterocycles. The molecule has 14 heavy (non-hydrogen) atoms. The lowest BCUT2D eigenvalue weighted by molar-refractivity contribution is -0.141. The van der Waals surface area contributed by atoms with Gasteiger partial charge < -0.3 is 15.4 Å². The van der Waals surface area contributed by atoms with Crippen molar-refractivity contribution in [3.63, 3.8) is 0 Å². The molecule has 0 aromatic heterocycles. The van der Waals surface area contributed by atoms with Crippen LogP contribution in [0.4, 0.5) is 0 Å². The average molecular weight is 198 g/mol. The van der Waals surface area contributed by atoms with E-state index in [0.717, 1.165) is 6.42 Å². The number of carbonyl (C=O) groups is 1. The van der Waals surface area contributed by atoms with E-state index in [-0.39, 0.29) is 17.9 Å². The van der Waals surface area contributed by atoms with Gasteiger partial charge in [-0.3, -0.25) is 4.79 Å². The molecule has 0 radical (unpaired) electrons. The highest BCUT2D eigenvalue weighted by molar-refractivity contribution is 5.82. The van der Waals surface area contributed by atoms with Crippen LogP contribution in [0.5, 0.6) is 0 Å². The summed E-state index contributed by atoms with van der Waals surface area (Å²) >= 11 is 0. The number of nitrogens with two attached hydrogens (primary N) is 1. The quantitative estimate of drug-likeness (QED) is 0.670. The van der Waals surface area contributed by atoms with Crippen molar-refractivity contribution in [1.29, 1.82) is 0 Å². The summed E-state index contributed by atoms with van der Waals surface area (Å²) in [6.07, 6.45) is 1.05. The number of morpholine rings is 1. The molecule has 0 aromatic rings. The first-order valence-electron chi connectivity index (χ1n) is 5.32. The van der Waals surface area contributed by atoms with E-state index in [1.807, 2.05) is 4.90 Å². The fourth-order valence-corrected chi connectivity index (χ4v) is 2.02. The van der Waals surface area contributed by atoms with Crippen molar-refractivity contribution in [1.82, 2.24) is 4.90 Å². The highest BCUT2D eigenvalue weighted by Crippen LogP contribution is 2.39. The molecule has 1 aliphatic carbocycles. The van der Waals surface area contributed by atoms with Crippen LogP contribution >= 0.6 is 0 Å². The van der Waals surface area contributed by atoms with Gasteiger partial charge in [0.05, 0.1) is 19.3 Å². The predicted octanol–water partition coefficient (Wildman–Crippen LogP) is -0.171. The van der Waals surface area contributed by atoms with Gasteiger partial charge in [-0.2, -0.15) is 0 Å². The lowest BCUT2D eigenvalue weighted by Crippen LogP contribution is -2.52. The molecule has 3 unspecified atom stereocenters. The minimum atomic E-state index is 0.101. The molecule has 1 saturated heterocycles. The van der Waals surface area contributed by atoms with E-state index in [2.05, 4.69) is 6.92 Å². The van der Waals surface area contributed by atoms with Crippen LogP contribution < -0.4 is 5.73 Å². The van der Waals surface area contributed by atoms with Gasteiger partial charge >= 0.3 is 0 Å². The molecule has 2 fully saturated rings. The normalized spacial score (nSPS) is 37.0. The molecule has 2 N–H and O–H groups in total. The van der Waals surface area contributed by atoms with Gasteiger partial charge in [0.1, 0.15) is 0 Å². The molecule has 80 valence electrons. The second kappa shape index (κ2) is 3.87. The molecule has 1 amide bonds. The van der Waals surface area contributed by atoms with Gasteiger partial charge in [0, 0.05) is 19.0 Å². The summed E-state index contributed by atoms with van der Waals surface area (Å²) in [5, 5.41) is 0. The lowest BCUT2D eigenvalue weighted by Gasteiger charge is -2.35. The topological polar surface area (TPSA) is 55.6 Å². The standard InChI is InChI=1S/C10H18N2O2/c1-7-4-9(7)10(13)12-2-3-14-6-8(12)5-11/h7-9H,2-6,11H2,1H3. The maximum Gasteiger partial charge on any atom is 0.226 e. The summed E-state index contributed by atoms with van der Waals surface area (Å²) in [6.45, 7) is 4.60. The Morgan fingerprint density at radius 2 is 2.36 bits per heavy atom. The van der Waals surface area contributed by atoms with Crippen molar-refractivity contribution in [2.45, 2.75) is 19.4 Å². The molecule has 4 nitrogen and oxygen atoms in total. The molecule has 1 saturated carbocycles. The van der Waals surface area contributed by atoms with Crippen LogP contribution in [0, 0.1) is 11.8 Å². The molecular weight excluding hydrogens is 180 g/mol. The zero-order valence-corrected chi connectivity index (χ0v) is 8.61. The van der Waals surface area contributed by atoms with Crippen LogP contribution in [0.1, 0.15) is 13.3 Å². The van der Waals surface area contributed by atoms with Crippen LogP contribution in [-0.4, -0.2) is 43.2 Å². The zero-order valence-electron chi connectivity index (χ0n) is 8.61. The molecule has 2 aliphatic rings. The van der Waals surface area contributed by atoms with Gasteiger partial charge in [-0.1, -0.05) is 6.92 Å². The Morgan fingerprint density at radius 1 is 1.64 bits per heavy atom. The Labute approximate surface area is 84.4 Å². The number of rotatable bonds is 2. The Kier molecular flexibility index (Phi) is 2.74. The van der Waals surface area contributed by atoms with Crippen LogP contribution in [-0.2, 0) is 9.53 Å². The van der Waals surface area contributed by atoms with Crippen molar-refractivity contribution in [2.24, 2.45) is 17.6 Å². The molecule has 3 atom stereocenters. The van der Waals surface area contributed by atoms with Crippen molar-refractivity contribution in [3.05, 3.63) is 0 Å². The first-order valence-corrected chi connectivity index (χ1v) is 5.32. The Hall–Kier alpha value is -0.610. The van der Waals surface area contributed by atoms with Crippen LogP contribution in [0.15, 0.2) is 0 Å². The van der Waals surface area contributed by atoms with E-state index in [0.29, 0.717) is 32.2 Å². The van der Waals surface area contributed by atoms with Crippen molar-refractivity contribution in [3.8, 4) is 0 Å².